The monoisotopic (exact) mass is 356 g/mol. The first kappa shape index (κ1) is 23.6. The lowest BCUT2D eigenvalue weighted by Crippen LogP contribution is -2.43. The predicted molar refractivity (Wildman–Crippen MR) is 101 cm³/mol. The average molecular weight is 357 g/mol. The Morgan fingerprint density at radius 1 is 1.00 bits per heavy atom. The Labute approximate surface area is 153 Å². The molecule has 0 saturated heterocycles. The third-order valence-electron chi connectivity index (χ3n) is 3.88. The van der Waals surface area contributed by atoms with Crippen LogP contribution in [0.25, 0.3) is 0 Å². The van der Waals surface area contributed by atoms with Gasteiger partial charge >= 0.3 is 11.9 Å². The van der Waals surface area contributed by atoms with Crippen molar-refractivity contribution in [3.63, 3.8) is 0 Å². The van der Waals surface area contributed by atoms with Gasteiger partial charge in [-0.05, 0) is 12.8 Å². The van der Waals surface area contributed by atoms with Crippen LogP contribution in [-0.4, -0.2) is 55.3 Å². The van der Waals surface area contributed by atoms with Crippen LogP contribution in [-0.2, 0) is 14.3 Å². The van der Waals surface area contributed by atoms with Crippen LogP contribution in [0.4, 0.5) is 0 Å². The number of nitrogens with zero attached hydrogens (tertiary/aromatic N) is 1. The smallest absolute Gasteiger partial charge is 0.310 e. The van der Waals surface area contributed by atoms with Crippen LogP contribution in [0.15, 0.2) is 12.2 Å². The number of allylic oxidation sites excluding steroid dienone is 1. The fraction of sp³-hybridized carbons (Fsp3) is 0.800. The number of carbonyl (C=O) groups is 2. The van der Waals surface area contributed by atoms with Crippen molar-refractivity contribution in [3.05, 3.63) is 12.2 Å². The van der Waals surface area contributed by atoms with Crippen LogP contribution in [0.1, 0.15) is 71.1 Å². The predicted octanol–water partition coefficient (Wildman–Crippen LogP) is 4.17. The number of rotatable bonds is 15. The fourth-order valence-electron chi connectivity index (χ4n) is 2.70. The van der Waals surface area contributed by atoms with Crippen molar-refractivity contribution in [1.29, 1.82) is 0 Å². The summed E-state index contributed by atoms with van der Waals surface area (Å²) >= 11 is 0. The summed E-state index contributed by atoms with van der Waals surface area (Å²) in [4.78, 5) is 22.8. The second-order valence-corrected chi connectivity index (χ2v) is 7.77. The summed E-state index contributed by atoms with van der Waals surface area (Å²) in [6.45, 7) is 2.71. The summed E-state index contributed by atoms with van der Waals surface area (Å²) < 4.78 is 5.89. The lowest BCUT2D eigenvalue weighted by Gasteiger charge is -2.28. The van der Waals surface area contributed by atoms with E-state index in [4.69, 9.17) is 9.84 Å². The molecule has 0 aliphatic rings. The lowest BCUT2D eigenvalue weighted by molar-refractivity contribution is -0.873. The minimum Gasteiger partial charge on any atom is -0.481 e. The molecule has 0 heterocycles. The molecule has 5 heteroatoms. The van der Waals surface area contributed by atoms with Crippen molar-refractivity contribution < 1.29 is 23.9 Å². The van der Waals surface area contributed by atoms with Gasteiger partial charge in [0, 0.05) is 0 Å². The molecule has 1 N–H and O–H groups in total. The van der Waals surface area contributed by atoms with E-state index in [1.807, 2.05) is 33.3 Å². The van der Waals surface area contributed by atoms with Gasteiger partial charge in [-0.1, -0.05) is 57.6 Å². The van der Waals surface area contributed by atoms with Crippen molar-refractivity contribution in [2.24, 2.45) is 0 Å². The number of quaternary nitrogens is 1. The van der Waals surface area contributed by atoms with E-state index in [-0.39, 0.29) is 18.8 Å². The van der Waals surface area contributed by atoms with Gasteiger partial charge < -0.3 is 14.3 Å². The van der Waals surface area contributed by atoms with Crippen molar-refractivity contribution in [2.45, 2.75) is 77.2 Å². The maximum absolute atomic E-state index is 11.9. The molecule has 0 radical (unpaired) electrons. The molecule has 0 spiro atoms. The second kappa shape index (κ2) is 13.9. The van der Waals surface area contributed by atoms with Crippen LogP contribution in [0.3, 0.4) is 0 Å². The first-order valence-corrected chi connectivity index (χ1v) is 9.61. The Hall–Kier alpha value is -1.36. The molecule has 0 rings (SSSR count). The number of carboxylic acids is 1. The molecular weight excluding hydrogens is 318 g/mol. The minimum absolute atomic E-state index is 0.150. The van der Waals surface area contributed by atoms with E-state index in [9.17, 15) is 9.59 Å². The molecule has 0 saturated carbocycles. The molecule has 0 bridgehead atoms. The van der Waals surface area contributed by atoms with E-state index in [0.29, 0.717) is 11.0 Å². The van der Waals surface area contributed by atoms with E-state index in [0.717, 1.165) is 12.8 Å². The summed E-state index contributed by atoms with van der Waals surface area (Å²) in [5.41, 5.74) is 0. The molecule has 0 aliphatic heterocycles. The molecule has 0 fully saturated rings. The van der Waals surface area contributed by atoms with Gasteiger partial charge in [0.05, 0.1) is 34.0 Å². The van der Waals surface area contributed by atoms with Crippen molar-refractivity contribution in [3.8, 4) is 0 Å². The third-order valence-corrected chi connectivity index (χ3v) is 3.88. The van der Waals surface area contributed by atoms with E-state index in [2.05, 4.69) is 6.92 Å². The summed E-state index contributed by atoms with van der Waals surface area (Å²) in [7, 11) is 5.85. The summed E-state index contributed by atoms with van der Waals surface area (Å²) in [5, 5.41) is 8.95. The topological polar surface area (TPSA) is 63.6 Å². The fourth-order valence-corrected chi connectivity index (χ4v) is 2.70. The average Bonchev–Trinajstić information content (AvgIpc) is 2.46. The maximum atomic E-state index is 11.9. The van der Waals surface area contributed by atoms with Crippen molar-refractivity contribution in [1.82, 2.24) is 0 Å². The number of unbranched alkanes of at least 4 members (excludes halogenated alkanes) is 7. The zero-order chi connectivity index (χ0) is 19.1. The minimum atomic E-state index is -0.944. The van der Waals surface area contributed by atoms with E-state index in [1.165, 1.54) is 38.5 Å². The number of hydrogen-bond acceptors (Lipinski definition) is 3. The first-order valence-electron chi connectivity index (χ1n) is 9.61. The normalized spacial score (nSPS) is 13.1. The van der Waals surface area contributed by atoms with Crippen LogP contribution in [0.2, 0.25) is 0 Å². The number of esters is 1. The number of likely N-dealkylation sites (N-methyl/N-ethyl adjacent to an activating group) is 1. The van der Waals surface area contributed by atoms with E-state index < -0.39 is 12.1 Å². The lowest BCUT2D eigenvalue weighted by atomic mass is 10.1. The van der Waals surface area contributed by atoms with Crippen LogP contribution >= 0.6 is 0 Å². The number of carboxylic acid groups (broad SMARTS) is 1. The summed E-state index contributed by atoms with van der Waals surface area (Å²) in [6, 6.07) is 0. The highest BCUT2D eigenvalue weighted by atomic mass is 16.5. The molecule has 1 atom stereocenters. The van der Waals surface area contributed by atoms with Crippen molar-refractivity contribution >= 4 is 11.9 Å². The van der Waals surface area contributed by atoms with Gasteiger partial charge in [0.25, 0.3) is 0 Å². The zero-order valence-corrected chi connectivity index (χ0v) is 16.6. The Kier molecular flexibility index (Phi) is 13.1. The Morgan fingerprint density at radius 3 is 2.16 bits per heavy atom. The highest BCUT2D eigenvalue weighted by molar-refractivity contribution is 5.72. The summed E-state index contributed by atoms with van der Waals surface area (Å²) in [5.74, 6) is -1.30. The van der Waals surface area contributed by atoms with Gasteiger partial charge in [0.2, 0.25) is 0 Å². The van der Waals surface area contributed by atoms with Gasteiger partial charge in [-0.2, -0.15) is 0 Å². The number of aliphatic carboxylic acids is 1. The molecular formula is C20H38NO4+. The zero-order valence-electron chi connectivity index (χ0n) is 16.6. The quantitative estimate of drug-likeness (QED) is 0.207. The first-order chi connectivity index (χ1) is 11.7. The van der Waals surface area contributed by atoms with Crippen LogP contribution in [0.5, 0.6) is 0 Å². The number of ether oxygens (including phenoxy) is 1. The van der Waals surface area contributed by atoms with Crippen LogP contribution in [0, 0.1) is 0 Å². The molecule has 1 unspecified atom stereocenters. The highest BCUT2D eigenvalue weighted by Gasteiger charge is 2.24. The van der Waals surface area contributed by atoms with Crippen molar-refractivity contribution in [2.75, 3.05) is 27.7 Å². The summed E-state index contributed by atoms with van der Waals surface area (Å²) in [6.07, 6.45) is 13.3. The Bertz CT molecular complexity index is 399. The SMILES string of the molecule is CCCCCCCCC/C=C/CC(=O)OC(CC(=O)O)C[N+](C)(C)C. The van der Waals surface area contributed by atoms with Crippen LogP contribution < -0.4 is 0 Å². The molecule has 5 nitrogen and oxygen atoms in total. The molecule has 25 heavy (non-hydrogen) atoms. The number of hydrogen-bond donors (Lipinski definition) is 1. The van der Waals surface area contributed by atoms with E-state index >= 15 is 0 Å². The number of carbonyl (C=O) groups excluding carboxylic acids is 1. The van der Waals surface area contributed by atoms with E-state index in [1.54, 1.807) is 0 Å². The van der Waals surface area contributed by atoms with Gasteiger partial charge in [-0.25, -0.2) is 0 Å². The second-order valence-electron chi connectivity index (χ2n) is 7.77. The molecule has 0 aliphatic carbocycles. The largest absolute Gasteiger partial charge is 0.481 e. The Morgan fingerprint density at radius 2 is 1.60 bits per heavy atom. The molecule has 0 aromatic heterocycles. The standard InChI is InChI=1S/C20H37NO4/c1-5-6-7-8-9-10-11-12-13-14-15-20(24)25-18(16-19(22)23)17-21(2,3)4/h13-14,18H,5-12,15-17H2,1-4H3/p+1/b14-13+. The van der Waals surface area contributed by atoms with Gasteiger partial charge in [0.15, 0.2) is 6.10 Å². The maximum Gasteiger partial charge on any atom is 0.310 e. The molecule has 146 valence electrons. The molecule has 0 aromatic carbocycles. The molecule has 0 aromatic rings. The molecule has 0 amide bonds. The van der Waals surface area contributed by atoms with Gasteiger partial charge in [0.1, 0.15) is 6.54 Å². The van der Waals surface area contributed by atoms with Gasteiger partial charge in [-0.15, -0.1) is 0 Å². The Balaban J connectivity index is 3.92. The third kappa shape index (κ3) is 17.3. The highest BCUT2D eigenvalue weighted by Crippen LogP contribution is 2.09. The van der Waals surface area contributed by atoms with Gasteiger partial charge in [-0.3, -0.25) is 9.59 Å².